The van der Waals surface area contributed by atoms with E-state index in [1.165, 1.54) is 0 Å². The largest absolute Gasteiger partial charge is 0.508 e. The second-order valence-electron chi connectivity index (χ2n) is 6.20. The summed E-state index contributed by atoms with van der Waals surface area (Å²) in [6, 6.07) is 12.0. The highest BCUT2D eigenvalue weighted by Gasteiger charge is 2.27. The summed E-state index contributed by atoms with van der Waals surface area (Å²) >= 11 is 0. The maximum atomic E-state index is 12.1. The van der Waals surface area contributed by atoms with Crippen molar-refractivity contribution in [2.24, 2.45) is 4.99 Å². The van der Waals surface area contributed by atoms with E-state index < -0.39 is 12.8 Å². The third kappa shape index (κ3) is 9.08. The Hall–Kier alpha value is -2.21. The molecule has 2 aromatic carbocycles. The van der Waals surface area contributed by atoms with Crippen molar-refractivity contribution in [1.29, 1.82) is 0 Å². The summed E-state index contributed by atoms with van der Waals surface area (Å²) in [7, 11) is 3.18. The van der Waals surface area contributed by atoms with E-state index in [9.17, 15) is 18.3 Å². The van der Waals surface area contributed by atoms with E-state index in [-0.39, 0.29) is 36.3 Å². The fraction of sp³-hybridized carbons (Fsp3) is 0.350. The van der Waals surface area contributed by atoms with Gasteiger partial charge in [0.05, 0.1) is 13.7 Å². The molecule has 0 aliphatic heterocycles. The molecule has 0 bridgehead atoms. The summed E-state index contributed by atoms with van der Waals surface area (Å²) in [5.74, 6) is 1.32. The van der Waals surface area contributed by atoms with Gasteiger partial charge >= 0.3 is 6.18 Å². The Labute approximate surface area is 190 Å². The summed E-state index contributed by atoms with van der Waals surface area (Å²) in [4.78, 5) is 4.13. The summed E-state index contributed by atoms with van der Waals surface area (Å²) in [5.41, 5.74) is 2.25. The lowest BCUT2D eigenvalue weighted by molar-refractivity contribution is -0.176. The van der Waals surface area contributed by atoms with Gasteiger partial charge in [0, 0.05) is 25.7 Å². The molecule has 0 atom stereocenters. The maximum Gasteiger partial charge on any atom is 0.411 e. The molecule has 0 aliphatic rings. The van der Waals surface area contributed by atoms with Crippen molar-refractivity contribution in [2.45, 2.75) is 25.9 Å². The van der Waals surface area contributed by atoms with Crippen LogP contribution in [0.3, 0.4) is 0 Å². The number of aliphatic imine (C=N–C) groups is 1. The molecule has 166 valence electrons. The predicted octanol–water partition coefficient (Wildman–Crippen LogP) is 3.96. The van der Waals surface area contributed by atoms with Crippen molar-refractivity contribution in [3.63, 3.8) is 0 Å². The Kier molecular flexibility index (Phi) is 10.7. The van der Waals surface area contributed by atoms with Gasteiger partial charge in [-0.2, -0.15) is 13.2 Å². The van der Waals surface area contributed by atoms with Gasteiger partial charge in [0.25, 0.3) is 0 Å². The number of nitrogens with zero attached hydrogens (tertiary/aromatic N) is 1. The van der Waals surface area contributed by atoms with Crippen LogP contribution >= 0.6 is 24.0 Å². The first-order valence-electron chi connectivity index (χ1n) is 8.83. The van der Waals surface area contributed by atoms with Crippen LogP contribution in [0.2, 0.25) is 0 Å². The van der Waals surface area contributed by atoms with Crippen molar-refractivity contribution in [2.75, 3.05) is 20.8 Å². The van der Waals surface area contributed by atoms with Crippen LogP contribution in [-0.2, 0) is 24.4 Å². The minimum atomic E-state index is -4.32. The molecule has 0 fully saturated rings. The molecule has 0 unspecified atom stereocenters. The molecule has 6 nitrogen and oxygen atoms in total. The normalized spacial score (nSPS) is 11.6. The summed E-state index contributed by atoms with van der Waals surface area (Å²) in [5, 5.41) is 16.2. The number of hydrogen-bond donors (Lipinski definition) is 3. The number of rotatable bonds is 8. The Bertz CT molecular complexity index is 815. The number of hydrogen-bond acceptors (Lipinski definition) is 4. The number of alkyl halides is 3. The molecule has 2 aromatic rings. The first-order chi connectivity index (χ1) is 13.8. The molecule has 10 heteroatoms. The highest BCUT2D eigenvalue weighted by molar-refractivity contribution is 14.0. The third-order valence-corrected chi connectivity index (χ3v) is 3.97. The first kappa shape index (κ1) is 25.8. The Balaban J connectivity index is 0.00000450. The van der Waals surface area contributed by atoms with Crippen molar-refractivity contribution in [1.82, 2.24) is 10.6 Å². The molecule has 0 saturated heterocycles. The number of nitrogens with one attached hydrogen (secondary N) is 2. The number of aromatic hydroxyl groups is 1. The fourth-order valence-corrected chi connectivity index (χ4v) is 2.45. The summed E-state index contributed by atoms with van der Waals surface area (Å²) in [6.07, 6.45) is -4.32. The Morgan fingerprint density at radius 2 is 1.67 bits per heavy atom. The van der Waals surface area contributed by atoms with Gasteiger partial charge in [0.2, 0.25) is 0 Å². The number of phenolic OH excluding ortho intramolecular Hbond substituents is 1. The van der Waals surface area contributed by atoms with Crippen LogP contribution in [0.15, 0.2) is 47.5 Å². The van der Waals surface area contributed by atoms with Gasteiger partial charge in [-0.25, -0.2) is 0 Å². The van der Waals surface area contributed by atoms with Crippen LogP contribution in [-0.4, -0.2) is 38.0 Å². The van der Waals surface area contributed by atoms with Crippen molar-refractivity contribution in [3.05, 3.63) is 59.2 Å². The van der Waals surface area contributed by atoms with E-state index in [2.05, 4.69) is 20.4 Å². The number of halogens is 4. The van der Waals surface area contributed by atoms with Crippen LogP contribution in [0.4, 0.5) is 13.2 Å². The average molecular weight is 539 g/mol. The number of ether oxygens (including phenoxy) is 2. The average Bonchev–Trinajstić information content (AvgIpc) is 2.69. The van der Waals surface area contributed by atoms with Crippen LogP contribution in [0.1, 0.15) is 16.7 Å². The van der Waals surface area contributed by atoms with E-state index in [1.54, 1.807) is 56.6 Å². The zero-order valence-electron chi connectivity index (χ0n) is 16.6. The van der Waals surface area contributed by atoms with Crippen LogP contribution < -0.4 is 15.4 Å². The van der Waals surface area contributed by atoms with Gasteiger partial charge in [-0.05, 0) is 29.3 Å². The smallest absolute Gasteiger partial charge is 0.411 e. The Morgan fingerprint density at radius 3 is 2.27 bits per heavy atom. The standard InChI is InChI=1S/C20H24F3N3O3.HI/c1-24-19(26-11-16-9-17(28-2)7-8-18(16)27)25-10-14-3-5-15(6-4-14)12-29-13-20(21,22)23;/h3-9,27H,10-13H2,1-2H3,(H2,24,25,26);1H. The van der Waals surface area contributed by atoms with Crippen LogP contribution in [0, 0.1) is 0 Å². The zero-order chi connectivity index (χ0) is 21.3. The topological polar surface area (TPSA) is 75.1 Å². The van der Waals surface area contributed by atoms with Gasteiger partial charge < -0.3 is 25.2 Å². The Morgan fingerprint density at radius 1 is 1.03 bits per heavy atom. The molecule has 0 saturated carbocycles. The molecule has 0 aromatic heterocycles. The molecular weight excluding hydrogens is 514 g/mol. The monoisotopic (exact) mass is 539 g/mol. The lowest BCUT2D eigenvalue weighted by atomic mass is 10.1. The van der Waals surface area contributed by atoms with Gasteiger partial charge in [0.15, 0.2) is 5.96 Å². The second-order valence-corrected chi connectivity index (χ2v) is 6.20. The number of methoxy groups -OCH3 is 1. The number of guanidine groups is 1. The molecule has 0 spiro atoms. The second kappa shape index (κ2) is 12.5. The van der Waals surface area contributed by atoms with E-state index in [4.69, 9.17) is 4.74 Å². The highest BCUT2D eigenvalue weighted by Crippen LogP contribution is 2.22. The molecule has 0 radical (unpaired) electrons. The SMILES string of the molecule is CN=C(NCc1ccc(COCC(F)(F)F)cc1)NCc1cc(OC)ccc1O.I. The van der Waals surface area contributed by atoms with E-state index >= 15 is 0 Å². The maximum absolute atomic E-state index is 12.1. The third-order valence-electron chi connectivity index (χ3n) is 3.97. The van der Waals surface area contributed by atoms with Gasteiger partial charge in [-0.3, -0.25) is 4.99 Å². The van der Waals surface area contributed by atoms with Crippen LogP contribution in [0.5, 0.6) is 11.5 Å². The van der Waals surface area contributed by atoms with Gasteiger partial charge in [0.1, 0.15) is 18.1 Å². The quantitative estimate of drug-likeness (QED) is 0.269. The lowest BCUT2D eigenvalue weighted by Crippen LogP contribution is -2.36. The number of benzene rings is 2. The molecule has 0 aliphatic carbocycles. The lowest BCUT2D eigenvalue weighted by Gasteiger charge is -2.14. The van der Waals surface area contributed by atoms with E-state index in [1.807, 2.05) is 0 Å². The number of phenols is 1. The highest BCUT2D eigenvalue weighted by atomic mass is 127. The zero-order valence-corrected chi connectivity index (χ0v) is 19.0. The minimum Gasteiger partial charge on any atom is -0.508 e. The van der Waals surface area contributed by atoms with E-state index in [0.29, 0.717) is 35.9 Å². The molecule has 30 heavy (non-hydrogen) atoms. The van der Waals surface area contributed by atoms with Crippen molar-refractivity contribution >= 4 is 29.9 Å². The fourth-order valence-electron chi connectivity index (χ4n) is 2.45. The van der Waals surface area contributed by atoms with Crippen molar-refractivity contribution in [3.8, 4) is 11.5 Å². The van der Waals surface area contributed by atoms with E-state index in [0.717, 1.165) is 5.56 Å². The molecule has 3 N–H and O–H groups in total. The van der Waals surface area contributed by atoms with Crippen LogP contribution in [0.25, 0.3) is 0 Å². The van der Waals surface area contributed by atoms with Gasteiger partial charge in [-0.15, -0.1) is 24.0 Å². The molecule has 0 amide bonds. The molecular formula is C20H25F3IN3O3. The molecule has 0 heterocycles. The van der Waals surface area contributed by atoms with Gasteiger partial charge in [-0.1, -0.05) is 24.3 Å². The first-order valence-corrected chi connectivity index (χ1v) is 8.83. The minimum absolute atomic E-state index is 0. The molecule has 2 rings (SSSR count). The van der Waals surface area contributed by atoms with Crippen molar-refractivity contribution < 1.29 is 27.8 Å². The predicted molar refractivity (Wildman–Crippen MR) is 119 cm³/mol. The summed E-state index contributed by atoms with van der Waals surface area (Å²) in [6.45, 7) is -0.548. The summed E-state index contributed by atoms with van der Waals surface area (Å²) < 4.78 is 46.1.